The van der Waals surface area contributed by atoms with Crippen LogP contribution in [0.5, 0.6) is 0 Å². The third-order valence-electron chi connectivity index (χ3n) is 4.30. The molecule has 0 aliphatic carbocycles. The SMILES string of the molecule is Cc1ccc(CN(Cc2cccnc2)C(=S)Nc2ccc(C)c(Cl)c2)cc1. The Morgan fingerprint density at radius 2 is 1.78 bits per heavy atom. The molecule has 0 bridgehead atoms. The summed E-state index contributed by atoms with van der Waals surface area (Å²) in [6, 6.07) is 18.4. The zero-order valence-corrected chi connectivity index (χ0v) is 17.0. The fourth-order valence-electron chi connectivity index (χ4n) is 2.70. The first-order valence-electron chi connectivity index (χ1n) is 8.78. The van der Waals surface area contributed by atoms with Crippen molar-refractivity contribution in [1.82, 2.24) is 9.88 Å². The van der Waals surface area contributed by atoms with Crippen molar-refractivity contribution in [2.75, 3.05) is 5.32 Å². The van der Waals surface area contributed by atoms with Crippen LogP contribution < -0.4 is 5.32 Å². The first-order chi connectivity index (χ1) is 13.0. The van der Waals surface area contributed by atoms with Gasteiger partial charge in [-0.05, 0) is 61.0 Å². The predicted molar refractivity (Wildman–Crippen MR) is 117 cm³/mol. The van der Waals surface area contributed by atoms with Crippen LogP contribution >= 0.6 is 23.8 Å². The number of halogens is 1. The number of benzene rings is 2. The van der Waals surface area contributed by atoms with Gasteiger partial charge in [-0.25, -0.2) is 0 Å². The highest BCUT2D eigenvalue weighted by molar-refractivity contribution is 7.80. The van der Waals surface area contributed by atoms with Crippen molar-refractivity contribution >= 4 is 34.6 Å². The zero-order valence-electron chi connectivity index (χ0n) is 15.4. The van der Waals surface area contributed by atoms with E-state index in [2.05, 4.69) is 52.5 Å². The summed E-state index contributed by atoms with van der Waals surface area (Å²) >= 11 is 12.0. The van der Waals surface area contributed by atoms with Crippen molar-refractivity contribution in [1.29, 1.82) is 0 Å². The third kappa shape index (κ3) is 5.52. The molecular formula is C22H22ClN3S. The predicted octanol–water partition coefficient (Wildman–Crippen LogP) is 5.75. The maximum absolute atomic E-state index is 6.25. The number of aromatic nitrogens is 1. The summed E-state index contributed by atoms with van der Waals surface area (Å²) in [5.41, 5.74) is 5.48. The number of pyridine rings is 1. The number of thiocarbonyl (C=S) groups is 1. The van der Waals surface area contributed by atoms with Gasteiger partial charge in [-0.2, -0.15) is 0 Å². The lowest BCUT2D eigenvalue weighted by atomic mass is 10.1. The molecular weight excluding hydrogens is 374 g/mol. The number of nitrogens with zero attached hydrogens (tertiary/aromatic N) is 2. The lowest BCUT2D eigenvalue weighted by Gasteiger charge is -2.26. The van der Waals surface area contributed by atoms with Crippen LogP contribution in [-0.4, -0.2) is 15.0 Å². The van der Waals surface area contributed by atoms with Gasteiger partial charge >= 0.3 is 0 Å². The van der Waals surface area contributed by atoms with Crippen LogP contribution in [0.3, 0.4) is 0 Å². The molecule has 0 amide bonds. The summed E-state index contributed by atoms with van der Waals surface area (Å²) in [5, 5.41) is 4.69. The molecule has 0 aliphatic rings. The molecule has 0 unspecified atom stereocenters. The Morgan fingerprint density at radius 3 is 2.44 bits per heavy atom. The number of nitrogens with one attached hydrogen (secondary N) is 1. The number of aryl methyl sites for hydroxylation is 2. The summed E-state index contributed by atoms with van der Waals surface area (Å²) in [7, 11) is 0. The van der Waals surface area contributed by atoms with Gasteiger partial charge in [0, 0.05) is 36.2 Å². The minimum absolute atomic E-state index is 0.652. The Morgan fingerprint density at radius 1 is 1.04 bits per heavy atom. The molecule has 1 heterocycles. The molecule has 5 heteroatoms. The topological polar surface area (TPSA) is 28.2 Å². The second-order valence-electron chi connectivity index (χ2n) is 6.60. The highest BCUT2D eigenvalue weighted by atomic mass is 35.5. The first kappa shape index (κ1) is 19.3. The fourth-order valence-corrected chi connectivity index (χ4v) is 3.13. The molecule has 0 saturated heterocycles. The van der Waals surface area contributed by atoms with E-state index in [-0.39, 0.29) is 0 Å². The molecule has 1 aromatic heterocycles. The molecule has 3 nitrogen and oxygen atoms in total. The van der Waals surface area contributed by atoms with Crippen molar-refractivity contribution in [3.8, 4) is 0 Å². The van der Waals surface area contributed by atoms with Crippen molar-refractivity contribution in [3.05, 3.63) is 94.3 Å². The van der Waals surface area contributed by atoms with E-state index in [1.165, 1.54) is 11.1 Å². The van der Waals surface area contributed by atoms with Crippen LogP contribution in [0.25, 0.3) is 0 Å². The first-order valence-corrected chi connectivity index (χ1v) is 9.56. The maximum atomic E-state index is 6.25. The van der Waals surface area contributed by atoms with Crippen LogP contribution in [0, 0.1) is 13.8 Å². The van der Waals surface area contributed by atoms with Crippen LogP contribution in [0.4, 0.5) is 5.69 Å². The average Bonchev–Trinajstić information content (AvgIpc) is 2.67. The van der Waals surface area contributed by atoms with E-state index in [1.54, 1.807) is 6.20 Å². The van der Waals surface area contributed by atoms with Gasteiger partial charge in [0.15, 0.2) is 5.11 Å². The Hall–Kier alpha value is -2.43. The van der Waals surface area contributed by atoms with Gasteiger partial charge in [-0.1, -0.05) is 53.6 Å². The molecule has 0 spiro atoms. The molecule has 27 heavy (non-hydrogen) atoms. The lowest BCUT2D eigenvalue weighted by molar-refractivity contribution is 0.412. The van der Waals surface area contributed by atoms with Gasteiger partial charge in [0.1, 0.15) is 0 Å². The molecule has 3 aromatic rings. The number of anilines is 1. The summed E-state index contributed by atoms with van der Waals surface area (Å²) in [4.78, 5) is 6.34. The van der Waals surface area contributed by atoms with E-state index in [9.17, 15) is 0 Å². The van der Waals surface area contributed by atoms with Gasteiger partial charge in [-0.3, -0.25) is 4.98 Å². The largest absolute Gasteiger partial charge is 0.340 e. The summed E-state index contributed by atoms with van der Waals surface area (Å²) in [5.74, 6) is 0. The molecule has 1 N–H and O–H groups in total. The molecule has 2 aromatic carbocycles. The standard InChI is InChI=1S/C22H22ClN3S/c1-16-5-8-18(9-6-16)14-26(15-19-4-3-11-24-13-19)22(27)25-20-10-7-17(2)21(23)12-20/h3-13H,14-15H2,1-2H3,(H,25,27). The molecule has 0 saturated carbocycles. The minimum atomic E-state index is 0.652. The van der Waals surface area contributed by atoms with E-state index in [0.29, 0.717) is 18.2 Å². The Kier molecular flexibility index (Phi) is 6.43. The molecule has 0 fully saturated rings. The summed E-state index contributed by atoms with van der Waals surface area (Å²) in [6.07, 6.45) is 3.65. The van der Waals surface area contributed by atoms with E-state index in [1.807, 2.05) is 37.4 Å². The monoisotopic (exact) mass is 395 g/mol. The van der Waals surface area contributed by atoms with E-state index in [4.69, 9.17) is 23.8 Å². The van der Waals surface area contributed by atoms with E-state index in [0.717, 1.165) is 21.8 Å². The maximum Gasteiger partial charge on any atom is 0.174 e. The molecule has 0 aliphatic heterocycles. The molecule has 0 radical (unpaired) electrons. The number of rotatable bonds is 5. The normalized spacial score (nSPS) is 10.5. The van der Waals surface area contributed by atoms with Crippen LogP contribution in [0.1, 0.15) is 22.3 Å². The zero-order chi connectivity index (χ0) is 19.2. The van der Waals surface area contributed by atoms with Gasteiger partial charge in [0.2, 0.25) is 0 Å². The van der Waals surface area contributed by atoms with Gasteiger partial charge in [0.05, 0.1) is 0 Å². The lowest BCUT2D eigenvalue weighted by Crippen LogP contribution is -2.33. The third-order valence-corrected chi connectivity index (χ3v) is 5.07. The van der Waals surface area contributed by atoms with Crippen LogP contribution in [0.2, 0.25) is 5.02 Å². The van der Waals surface area contributed by atoms with Gasteiger partial charge < -0.3 is 10.2 Å². The van der Waals surface area contributed by atoms with Crippen LogP contribution in [0.15, 0.2) is 67.0 Å². The fraction of sp³-hybridized carbons (Fsp3) is 0.182. The summed E-state index contributed by atoms with van der Waals surface area (Å²) < 4.78 is 0. The van der Waals surface area contributed by atoms with Crippen molar-refractivity contribution in [2.24, 2.45) is 0 Å². The second kappa shape index (κ2) is 8.98. The van der Waals surface area contributed by atoms with Crippen molar-refractivity contribution in [2.45, 2.75) is 26.9 Å². The Balaban J connectivity index is 1.79. The smallest absolute Gasteiger partial charge is 0.174 e. The highest BCUT2D eigenvalue weighted by Gasteiger charge is 2.12. The van der Waals surface area contributed by atoms with Gasteiger partial charge in [0.25, 0.3) is 0 Å². The van der Waals surface area contributed by atoms with E-state index < -0.39 is 0 Å². The van der Waals surface area contributed by atoms with Crippen molar-refractivity contribution in [3.63, 3.8) is 0 Å². The highest BCUT2D eigenvalue weighted by Crippen LogP contribution is 2.21. The number of hydrogen-bond donors (Lipinski definition) is 1. The average molecular weight is 396 g/mol. The second-order valence-corrected chi connectivity index (χ2v) is 7.39. The quantitative estimate of drug-likeness (QED) is 0.556. The number of hydrogen-bond acceptors (Lipinski definition) is 2. The van der Waals surface area contributed by atoms with Gasteiger partial charge in [-0.15, -0.1) is 0 Å². The minimum Gasteiger partial charge on any atom is -0.340 e. The Labute approximate surface area is 171 Å². The Bertz CT molecular complexity index is 911. The van der Waals surface area contributed by atoms with E-state index >= 15 is 0 Å². The molecule has 138 valence electrons. The van der Waals surface area contributed by atoms with Crippen LogP contribution in [-0.2, 0) is 13.1 Å². The summed E-state index contributed by atoms with van der Waals surface area (Å²) in [6.45, 7) is 5.45. The van der Waals surface area contributed by atoms with Crippen molar-refractivity contribution < 1.29 is 0 Å². The molecule has 3 rings (SSSR count). The molecule has 0 atom stereocenters.